The van der Waals surface area contributed by atoms with Gasteiger partial charge in [-0.25, -0.2) is 4.79 Å². The summed E-state index contributed by atoms with van der Waals surface area (Å²) < 4.78 is 14.3. The van der Waals surface area contributed by atoms with E-state index in [9.17, 15) is 4.79 Å². The molecule has 18 heavy (non-hydrogen) atoms. The van der Waals surface area contributed by atoms with E-state index in [4.69, 9.17) is 9.15 Å². The number of aromatic nitrogens is 2. The van der Waals surface area contributed by atoms with Gasteiger partial charge in [-0.15, -0.1) is 5.10 Å². The molecule has 1 aliphatic carbocycles. The first-order valence-electron chi connectivity index (χ1n) is 5.56. The molecule has 0 bridgehead atoms. The maximum Gasteiger partial charge on any atom is 0.341 e. The molecule has 6 heteroatoms. The van der Waals surface area contributed by atoms with Crippen LogP contribution in [0.1, 0.15) is 34.8 Å². The van der Waals surface area contributed by atoms with Crippen LogP contribution >= 0.6 is 11.5 Å². The first kappa shape index (κ1) is 11.4. The molecule has 1 aliphatic rings. The minimum absolute atomic E-state index is 0.0677. The second-order valence-corrected chi connectivity index (χ2v) is 5.70. The number of nitrogens with zero attached hydrogens (tertiary/aromatic N) is 2. The highest BCUT2D eigenvalue weighted by molar-refractivity contribution is 7.06. The molecule has 0 spiro atoms. The first-order valence-corrected chi connectivity index (χ1v) is 6.34. The van der Waals surface area contributed by atoms with Gasteiger partial charge in [0.1, 0.15) is 23.3 Å². The summed E-state index contributed by atoms with van der Waals surface area (Å²) in [6.45, 7) is 4.24. The normalized spacial score (nSPS) is 15.9. The number of rotatable bonds is 1. The fourth-order valence-electron chi connectivity index (χ4n) is 2.33. The predicted octanol–water partition coefficient (Wildman–Crippen LogP) is 2.42. The maximum absolute atomic E-state index is 11.7. The second-order valence-electron chi connectivity index (χ2n) is 4.95. The average molecular weight is 264 g/mol. The van der Waals surface area contributed by atoms with Crippen LogP contribution in [0.5, 0.6) is 0 Å². The molecule has 0 saturated heterocycles. The van der Waals surface area contributed by atoms with E-state index in [-0.39, 0.29) is 5.41 Å². The molecule has 0 amide bonds. The van der Waals surface area contributed by atoms with Crippen molar-refractivity contribution in [2.75, 3.05) is 7.11 Å². The molecular formula is C12H12N2O3S. The van der Waals surface area contributed by atoms with Crippen LogP contribution in [-0.2, 0) is 16.6 Å². The van der Waals surface area contributed by atoms with Crippen molar-refractivity contribution in [1.29, 1.82) is 0 Å². The summed E-state index contributed by atoms with van der Waals surface area (Å²) in [4.78, 5) is 12.8. The van der Waals surface area contributed by atoms with Gasteiger partial charge in [0.25, 0.3) is 0 Å². The van der Waals surface area contributed by atoms with Gasteiger partial charge in [-0.1, -0.05) is 18.3 Å². The summed E-state index contributed by atoms with van der Waals surface area (Å²) in [6, 6.07) is 0. The van der Waals surface area contributed by atoms with Crippen molar-refractivity contribution >= 4 is 17.5 Å². The van der Waals surface area contributed by atoms with E-state index in [0.717, 1.165) is 28.3 Å². The summed E-state index contributed by atoms with van der Waals surface area (Å²) in [5, 5.41) is 4.14. The minimum atomic E-state index is -0.404. The Labute approximate surface area is 108 Å². The predicted molar refractivity (Wildman–Crippen MR) is 65.7 cm³/mol. The topological polar surface area (TPSA) is 65.2 Å². The molecule has 0 atom stereocenters. The lowest BCUT2D eigenvalue weighted by Gasteiger charge is -2.26. The summed E-state index contributed by atoms with van der Waals surface area (Å²) >= 11 is 1.37. The van der Waals surface area contributed by atoms with E-state index >= 15 is 0 Å². The highest BCUT2D eigenvalue weighted by atomic mass is 32.1. The van der Waals surface area contributed by atoms with Gasteiger partial charge in [0.15, 0.2) is 0 Å². The van der Waals surface area contributed by atoms with E-state index in [0.29, 0.717) is 5.56 Å². The van der Waals surface area contributed by atoms with Gasteiger partial charge in [-0.3, -0.25) is 0 Å². The zero-order chi connectivity index (χ0) is 12.9. The first-order chi connectivity index (χ1) is 8.54. The molecule has 0 unspecified atom stereocenters. The van der Waals surface area contributed by atoms with Crippen LogP contribution in [0.4, 0.5) is 0 Å². The van der Waals surface area contributed by atoms with Crippen molar-refractivity contribution in [2.24, 2.45) is 0 Å². The van der Waals surface area contributed by atoms with Gasteiger partial charge >= 0.3 is 5.97 Å². The van der Waals surface area contributed by atoms with Crippen molar-refractivity contribution in [3.63, 3.8) is 0 Å². The third-order valence-corrected chi connectivity index (χ3v) is 4.31. The number of methoxy groups -OCH3 is 1. The Morgan fingerprint density at radius 3 is 3.06 bits per heavy atom. The number of carbonyl (C=O) groups excluding carboxylic acids is 1. The third kappa shape index (κ3) is 1.42. The summed E-state index contributed by atoms with van der Waals surface area (Å²) in [5.41, 5.74) is 1.85. The van der Waals surface area contributed by atoms with E-state index in [1.807, 2.05) is 0 Å². The third-order valence-electron chi connectivity index (χ3n) is 3.21. The van der Waals surface area contributed by atoms with Crippen LogP contribution in [0.25, 0.3) is 11.3 Å². The van der Waals surface area contributed by atoms with Gasteiger partial charge in [0.05, 0.1) is 17.6 Å². The zero-order valence-corrected chi connectivity index (χ0v) is 11.1. The highest BCUT2D eigenvalue weighted by Crippen LogP contribution is 2.45. The molecule has 5 nitrogen and oxygen atoms in total. The Morgan fingerprint density at radius 1 is 1.56 bits per heavy atom. The molecule has 2 heterocycles. The zero-order valence-electron chi connectivity index (χ0n) is 10.3. The smallest absolute Gasteiger partial charge is 0.341 e. The van der Waals surface area contributed by atoms with E-state index in [1.165, 1.54) is 24.9 Å². The molecular weight excluding hydrogens is 252 g/mol. The Balaban J connectivity index is 2.24. The van der Waals surface area contributed by atoms with Crippen molar-refractivity contribution in [2.45, 2.75) is 25.7 Å². The van der Waals surface area contributed by atoms with Crippen LogP contribution in [0.2, 0.25) is 0 Å². The lowest BCUT2D eigenvalue weighted by atomic mass is 9.79. The van der Waals surface area contributed by atoms with Crippen LogP contribution in [0.15, 0.2) is 10.7 Å². The Hall–Kier alpha value is -1.69. The molecule has 0 fully saturated rings. The maximum atomic E-state index is 11.7. The molecule has 2 aromatic rings. The number of hydrogen-bond donors (Lipinski definition) is 0. The number of furan rings is 1. The van der Waals surface area contributed by atoms with E-state index in [2.05, 4.69) is 23.4 Å². The number of ether oxygens (including phenoxy) is 1. The fraction of sp³-hybridized carbons (Fsp3) is 0.417. The minimum Gasteiger partial charge on any atom is -0.468 e. The SMILES string of the molecule is COC(=O)c1coc2c1-c1nnsc1C(C)(C)C2. The lowest BCUT2D eigenvalue weighted by molar-refractivity contribution is 0.0600. The summed E-state index contributed by atoms with van der Waals surface area (Å²) in [7, 11) is 1.36. The van der Waals surface area contributed by atoms with Crippen LogP contribution in [0, 0.1) is 0 Å². The van der Waals surface area contributed by atoms with Crippen molar-refractivity contribution in [1.82, 2.24) is 9.59 Å². The van der Waals surface area contributed by atoms with Gasteiger partial charge in [-0.2, -0.15) is 0 Å². The molecule has 0 N–H and O–H groups in total. The van der Waals surface area contributed by atoms with Gasteiger partial charge < -0.3 is 9.15 Å². The highest BCUT2D eigenvalue weighted by Gasteiger charge is 2.39. The fourth-order valence-corrected chi connectivity index (χ4v) is 3.08. The molecule has 0 aliphatic heterocycles. The molecule has 0 aromatic carbocycles. The molecule has 94 valence electrons. The lowest BCUT2D eigenvalue weighted by Crippen LogP contribution is -2.24. The largest absolute Gasteiger partial charge is 0.468 e. The Bertz CT molecular complexity index is 627. The van der Waals surface area contributed by atoms with Crippen LogP contribution in [0.3, 0.4) is 0 Å². The van der Waals surface area contributed by atoms with Gasteiger partial charge in [-0.05, 0) is 11.5 Å². The summed E-state index contributed by atoms with van der Waals surface area (Å²) in [5.74, 6) is 0.374. The van der Waals surface area contributed by atoms with Crippen LogP contribution in [-0.4, -0.2) is 22.7 Å². The standard InChI is InChI=1S/C12H12N2O3S/c1-12(2)4-7-8(9-10(12)18-14-13-9)6(5-17-7)11(15)16-3/h5H,4H2,1-3H3. The number of fused-ring (bicyclic) bond motifs is 3. The molecule has 0 saturated carbocycles. The monoisotopic (exact) mass is 264 g/mol. The number of hydrogen-bond acceptors (Lipinski definition) is 6. The van der Waals surface area contributed by atoms with Crippen molar-refractivity contribution in [3.8, 4) is 11.3 Å². The number of esters is 1. The molecule has 3 rings (SSSR count). The van der Waals surface area contributed by atoms with Gasteiger partial charge in [0.2, 0.25) is 0 Å². The van der Waals surface area contributed by atoms with Crippen molar-refractivity contribution < 1.29 is 13.9 Å². The second kappa shape index (κ2) is 3.65. The molecule has 2 aromatic heterocycles. The van der Waals surface area contributed by atoms with Gasteiger partial charge in [0, 0.05) is 11.8 Å². The quantitative estimate of drug-likeness (QED) is 0.740. The summed E-state index contributed by atoms with van der Waals surface area (Å²) in [6.07, 6.45) is 2.18. The number of carbonyl (C=O) groups is 1. The Morgan fingerprint density at radius 2 is 2.33 bits per heavy atom. The van der Waals surface area contributed by atoms with Crippen molar-refractivity contribution in [3.05, 3.63) is 22.5 Å². The average Bonchev–Trinajstić information content (AvgIpc) is 2.92. The van der Waals surface area contributed by atoms with E-state index < -0.39 is 5.97 Å². The van der Waals surface area contributed by atoms with E-state index in [1.54, 1.807) is 0 Å². The Kier molecular flexibility index (Phi) is 2.31. The van der Waals surface area contributed by atoms with Crippen LogP contribution < -0.4 is 0 Å². The molecule has 0 radical (unpaired) electrons.